The summed E-state index contributed by atoms with van der Waals surface area (Å²) in [5, 5.41) is 3.31. The van der Waals surface area contributed by atoms with Crippen molar-refractivity contribution >= 4 is 28.7 Å². The summed E-state index contributed by atoms with van der Waals surface area (Å²) in [7, 11) is 0. The molecule has 4 aromatic rings. The maximum absolute atomic E-state index is 13.5. The summed E-state index contributed by atoms with van der Waals surface area (Å²) < 4.78 is 7.99. The van der Waals surface area contributed by atoms with E-state index in [1.807, 2.05) is 56.0 Å². The van der Waals surface area contributed by atoms with Gasteiger partial charge >= 0.3 is 12.0 Å². The fraction of sp³-hybridized carbons (Fsp3) is 0.462. The molecule has 0 atom stereocenters. The molecular formula is C39H50N4O3. The largest absolute Gasteiger partial charge is 0.456 e. The number of unbranched alkanes of at least 4 members (excludes halogenated alkanes) is 1. The summed E-state index contributed by atoms with van der Waals surface area (Å²) in [5.74, 6) is 0.736. The minimum absolute atomic E-state index is 0.00683. The van der Waals surface area contributed by atoms with E-state index in [9.17, 15) is 9.59 Å². The summed E-state index contributed by atoms with van der Waals surface area (Å²) in [6, 6.07) is 22.5. The first kappa shape index (κ1) is 33.2. The van der Waals surface area contributed by atoms with E-state index in [1.165, 1.54) is 19.3 Å². The van der Waals surface area contributed by atoms with Crippen LogP contribution in [0.15, 0.2) is 66.7 Å². The Kier molecular flexibility index (Phi) is 10.8. The van der Waals surface area contributed by atoms with E-state index in [4.69, 9.17) is 9.72 Å². The number of aromatic nitrogens is 2. The summed E-state index contributed by atoms with van der Waals surface area (Å²) in [4.78, 5) is 33.4. The Hall–Kier alpha value is -4.13. The van der Waals surface area contributed by atoms with E-state index in [0.29, 0.717) is 18.7 Å². The third-order valence-corrected chi connectivity index (χ3v) is 8.65. The Morgan fingerprint density at radius 1 is 0.957 bits per heavy atom. The number of hydrogen-bond acceptors (Lipinski definition) is 4. The second-order valence-corrected chi connectivity index (χ2v) is 13.6. The molecule has 1 heterocycles. The van der Waals surface area contributed by atoms with E-state index < -0.39 is 5.60 Å². The van der Waals surface area contributed by atoms with Crippen LogP contribution in [-0.2, 0) is 17.7 Å². The Bertz CT molecular complexity index is 1630. The van der Waals surface area contributed by atoms with E-state index in [-0.39, 0.29) is 18.0 Å². The molecule has 0 bridgehead atoms. The van der Waals surface area contributed by atoms with Crippen LogP contribution in [0, 0.1) is 0 Å². The standard InChI is InChI=1S/C39H50N4O3/c1-6-8-18-36-41-34-24-23-31(42(25-7-2)38(45)40-30-14-10-9-11-15-30)26-35(34)43(36)27-28-19-21-29(22-20-28)32-16-12-13-17-33(32)37(44)46-39(3,4)5/h12-13,16-17,19-24,26,30H,6-11,14-15,18,25,27H2,1-5H3,(H,40,45). The molecule has 7 nitrogen and oxygen atoms in total. The van der Waals surface area contributed by atoms with Gasteiger partial charge in [-0.2, -0.15) is 0 Å². The maximum Gasteiger partial charge on any atom is 0.339 e. The number of urea groups is 1. The summed E-state index contributed by atoms with van der Waals surface area (Å²) in [5.41, 5.74) is 5.84. The predicted molar refractivity (Wildman–Crippen MR) is 188 cm³/mol. The third-order valence-electron chi connectivity index (χ3n) is 8.65. The number of nitrogens with one attached hydrogen (secondary N) is 1. The van der Waals surface area contributed by atoms with Gasteiger partial charge < -0.3 is 14.6 Å². The lowest BCUT2D eigenvalue weighted by atomic mass is 9.96. The topological polar surface area (TPSA) is 76.5 Å². The number of carbonyl (C=O) groups excluding carboxylic acids is 2. The molecule has 1 fully saturated rings. The molecule has 1 aliphatic rings. The van der Waals surface area contributed by atoms with Gasteiger partial charge in [0.2, 0.25) is 0 Å². The first-order valence-electron chi connectivity index (χ1n) is 17.2. The number of esters is 1. The van der Waals surface area contributed by atoms with Gasteiger partial charge in [-0.3, -0.25) is 4.90 Å². The van der Waals surface area contributed by atoms with Crippen LogP contribution in [0.5, 0.6) is 0 Å². The first-order chi connectivity index (χ1) is 22.2. The average Bonchev–Trinajstić information content (AvgIpc) is 3.38. The number of nitrogens with zero attached hydrogens (tertiary/aromatic N) is 3. The molecule has 244 valence electrons. The van der Waals surface area contributed by atoms with Crippen molar-refractivity contribution in [1.82, 2.24) is 14.9 Å². The average molecular weight is 623 g/mol. The van der Waals surface area contributed by atoms with Gasteiger partial charge in [0.25, 0.3) is 0 Å². The number of aryl methyl sites for hydroxylation is 1. The predicted octanol–water partition coefficient (Wildman–Crippen LogP) is 9.31. The highest BCUT2D eigenvalue weighted by atomic mass is 16.6. The zero-order chi connectivity index (χ0) is 32.7. The lowest BCUT2D eigenvalue weighted by Gasteiger charge is -2.28. The molecular weight excluding hydrogens is 572 g/mol. The van der Waals surface area contributed by atoms with Crippen LogP contribution in [0.1, 0.15) is 108 Å². The highest BCUT2D eigenvalue weighted by Gasteiger charge is 2.23. The van der Waals surface area contributed by atoms with Gasteiger partial charge in [0.15, 0.2) is 0 Å². The maximum atomic E-state index is 13.5. The summed E-state index contributed by atoms with van der Waals surface area (Å²) in [6.07, 6.45) is 9.65. The van der Waals surface area contributed by atoms with Crippen LogP contribution >= 0.6 is 0 Å². The number of ether oxygens (including phenoxy) is 1. The second-order valence-electron chi connectivity index (χ2n) is 13.6. The molecule has 46 heavy (non-hydrogen) atoms. The number of fused-ring (bicyclic) bond motifs is 1. The fourth-order valence-electron chi connectivity index (χ4n) is 6.32. The van der Waals surface area contributed by atoms with Crippen LogP contribution in [0.3, 0.4) is 0 Å². The second kappa shape index (κ2) is 15.0. The number of hydrogen-bond donors (Lipinski definition) is 1. The van der Waals surface area contributed by atoms with Crippen molar-refractivity contribution in [2.75, 3.05) is 11.4 Å². The van der Waals surface area contributed by atoms with Crippen LogP contribution in [0.2, 0.25) is 0 Å². The van der Waals surface area contributed by atoms with Crippen molar-refractivity contribution < 1.29 is 14.3 Å². The zero-order valence-corrected chi connectivity index (χ0v) is 28.3. The molecule has 3 aromatic carbocycles. The molecule has 1 N–H and O–H groups in total. The third kappa shape index (κ3) is 8.17. The van der Waals surface area contributed by atoms with Gasteiger partial charge in [0, 0.05) is 31.2 Å². The minimum Gasteiger partial charge on any atom is -0.456 e. The van der Waals surface area contributed by atoms with E-state index in [2.05, 4.69) is 60.1 Å². The van der Waals surface area contributed by atoms with Crippen molar-refractivity contribution in [2.24, 2.45) is 0 Å². The summed E-state index contributed by atoms with van der Waals surface area (Å²) in [6.45, 7) is 11.3. The number of amides is 2. The lowest BCUT2D eigenvalue weighted by molar-refractivity contribution is 0.00704. The highest BCUT2D eigenvalue weighted by Crippen LogP contribution is 2.29. The number of imidazole rings is 1. The number of carbonyl (C=O) groups is 2. The normalized spacial score (nSPS) is 13.9. The van der Waals surface area contributed by atoms with Crippen molar-refractivity contribution in [3.05, 3.63) is 83.7 Å². The van der Waals surface area contributed by atoms with Crippen molar-refractivity contribution in [3.8, 4) is 11.1 Å². The van der Waals surface area contributed by atoms with Crippen LogP contribution < -0.4 is 10.2 Å². The quantitative estimate of drug-likeness (QED) is 0.169. The molecule has 0 aliphatic heterocycles. The monoisotopic (exact) mass is 622 g/mol. The number of benzene rings is 3. The van der Waals surface area contributed by atoms with E-state index >= 15 is 0 Å². The molecule has 7 heteroatoms. The molecule has 0 unspecified atom stereocenters. The molecule has 0 radical (unpaired) electrons. The van der Waals surface area contributed by atoms with Crippen molar-refractivity contribution in [2.45, 2.75) is 111 Å². The lowest BCUT2D eigenvalue weighted by Crippen LogP contribution is -2.46. The Morgan fingerprint density at radius 2 is 1.70 bits per heavy atom. The van der Waals surface area contributed by atoms with Gasteiger partial charge in [0.05, 0.1) is 16.6 Å². The van der Waals surface area contributed by atoms with Gasteiger partial charge in [-0.25, -0.2) is 14.6 Å². The molecule has 1 saturated carbocycles. The van der Waals surface area contributed by atoms with Crippen molar-refractivity contribution in [1.29, 1.82) is 0 Å². The van der Waals surface area contributed by atoms with Gasteiger partial charge in [-0.1, -0.05) is 82.0 Å². The van der Waals surface area contributed by atoms with Crippen LogP contribution in [0.25, 0.3) is 22.2 Å². The smallest absolute Gasteiger partial charge is 0.339 e. The van der Waals surface area contributed by atoms with Crippen LogP contribution in [0.4, 0.5) is 10.5 Å². The van der Waals surface area contributed by atoms with E-state index in [1.54, 1.807) is 0 Å². The molecule has 5 rings (SSSR count). The minimum atomic E-state index is -0.566. The number of rotatable bonds is 11. The van der Waals surface area contributed by atoms with Gasteiger partial charge in [-0.15, -0.1) is 0 Å². The Balaban J connectivity index is 1.44. The van der Waals surface area contributed by atoms with Gasteiger partial charge in [-0.05, 0) is 87.4 Å². The molecule has 0 saturated heterocycles. The SMILES string of the molecule is CCCCc1nc2ccc(N(CCC)C(=O)NC3CCCCC3)cc2n1Cc1ccc(-c2ccccc2C(=O)OC(C)(C)C)cc1. The summed E-state index contributed by atoms with van der Waals surface area (Å²) >= 11 is 0. The fourth-order valence-corrected chi connectivity index (χ4v) is 6.32. The molecule has 2 amide bonds. The van der Waals surface area contributed by atoms with Gasteiger partial charge in [0.1, 0.15) is 11.4 Å². The molecule has 1 aromatic heterocycles. The molecule has 0 spiro atoms. The first-order valence-corrected chi connectivity index (χ1v) is 17.2. The van der Waals surface area contributed by atoms with Crippen molar-refractivity contribution in [3.63, 3.8) is 0 Å². The van der Waals surface area contributed by atoms with Crippen LogP contribution in [-0.4, -0.2) is 39.7 Å². The zero-order valence-electron chi connectivity index (χ0n) is 28.3. The number of anilines is 1. The van der Waals surface area contributed by atoms with E-state index in [0.717, 1.165) is 77.8 Å². The Labute approximate surface area is 274 Å². The molecule has 1 aliphatic carbocycles. The highest BCUT2D eigenvalue weighted by molar-refractivity contribution is 5.97. The Morgan fingerprint density at radius 3 is 2.39 bits per heavy atom.